The summed E-state index contributed by atoms with van der Waals surface area (Å²) in [6, 6.07) is 6.11. The lowest BCUT2D eigenvalue weighted by atomic mass is 9.87. The fraction of sp³-hybridized carbons (Fsp3) is 0.364. The summed E-state index contributed by atoms with van der Waals surface area (Å²) in [4.78, 5) is 11.5. The van der Waals surface area contributed by atoms with Crippen LogP contribution in [0.3, 0.4) is 0 Å². The standard InChI is InChI=1S/C11H13ClFNO2/c1-7(13)11(14,10(15)16-2)8-3-5-9(12)6-4-8/h3-7H,14H2,1-2H3. The van der Waals surface area contributed by atoms with Gasteiger partial charge in [0.25, 0.3) is 0 Å². The molecule has 3 nitrogen and oxygen atoms in total. The van der Waals surface area contributed by atoms with Crippen molar-refractivity contribution in [1.82, 2.24) is 0 Å². The summed E-state index contributed by atoms with van der Waals surface area (Å²) in [7, 11) is 1.17. The number of carbonyl (C=O) groups excluding carboxylic acids is 1. The summed E-state index contributed by atoms with van der Waals surface area (Å²) in [6.45, 7) is 1.21. The van der Waals surface area contributed by atoms with E-state index in [1.807, 2.05) is 0 Å². The molecule has 2 unspecified atom stereocenters. The highest BCUT2D eigenvalue weighted by atomic mass is 35.5. The van der Waals surface area contributed by atoms with Gasteiger partial charge in [0, 0.05) is 5.02 Å². The van der Waals surface area contributed by atoms with E-state index in [-0.39, 0.29) is 0 Å². The van der Waals surface area contributed by atoms with E-state index < -0.39 is 17.7 Å². The number of ether oxygens (including phenoxy) is 1. The van der Waals surface area contributed by atoms with Crippen LogP contribution in [0.15, 0.2) is 24.3 Å². The minimum atomic E-state index is -1.79. The summed E-state index contributed by atoms with van der Waals surface area (Å²) in [6.07, 6.45) is -1.57. The van der Waals surface area contributed by atoms with Gasteiger partial charge in [0.15, 0.2) is 5.54 Å². The van der Waals surface area contributed by atoms with E-state index in [2.05, 4.69) is 4.74 Å². The summed E-state index contributed by atoms with van der Waals surface area (Å²) in [5, 5.41) is 0.488. The summed E-state index contributed by atoms with van der Waals surface area (Å²) in [5.74, 6) is -0.815. The Bertz CT molecular complexity index is 380. The van der Waals surface area contributed by atoms with Crippen LogP contribution in [-0.2, 0) is 15.1 Å². The van der Waals surface area contributed by atoms with Crippen molar-refractivity contribution >= 4 is 17.6 Å². The third-order valence-corrected chi connectivity index (χ3v) is 2.72. The molecular formula is C11H13ClFNO2. The van der Waals surface area contributed by atoms with Crippen molar-refractivity contribution < 1.29 is 13.9 Å². The number of carbonyl (C=O) groups is 1. The van der Waals surface area contributed by atoms with Crippen LogP contribution >= 0.6 is 11.6 Å². The highest BCUT2D eigenvalue weighted by Crippen LogP contribution is 2.27. The average Bonchev–Trinajstić information content (AvgIpc) is 2.27. The lowest BCUT2D eigenvalue weighted by Gasteiger charge is -2.28. The van der Waals surface area contributed by atoms with Crippen LogP contribution in [0, 0.1) is 0 Å². The smallest absolute Gasteiger partial charge is 0.333 e. The lowest BCUT2D eigenvalue weighted by Crippen LogP contribution is -2.52. The van der Waals surface area contributed by atoms with Crippen LogP contribution in [0.4, 0.5) is 4.39 Å². The Kier molecular flexibility index (Phi) is 3.88. The zero-order valence-corrected chi connectivity index (χ0v) is 9.79. The monoisotopic (exact) mass is 245 g/mol. The van der Waals surface area contributed by atoms with E-state index in [4.69, 9.17) is 17.3 Å². The van der Waals surface area contributed by atoms with Crippen LogP contribution < -0.4 is 5.73 Å². The van der Waals surface area contributed by atoms with Crippen molar-refractivity contribution in [3.05, 3.63) is 34.9 Å². The van der Waals surface area contributed by atoms with Gasteiger partial charge in [-0.25, -0.2) is 9.18 Å². The minimum Gasteiger partial charge on any atom is -0.467 e. The second-order valence-corrected chi connectivity index (χ2v) is 3.92. The molecule has 0 aliphatic carbocycles. The van der Waals surface area contributed by atoms with Gasteiger partial charge in [-0.3, -0.25) is 0 Å². The quantitative estimate of drug-likeness (QED) is 0.829. The zero-order valence-electron chi connectivity index (χ0n) is 9.04. The maximum atomic E-state index is 13.5. The van der Waals surface area contributed by atoms with Crippen LogP contribution in [0.25, 0.3) is 0 Å². The Labute approximate surface area is 98.3 Å². The Morgan fingerprint density at radius 2 is 2.00 bits per heavy atom. The van der Waals surface area contributed by atoms with Gasteiger partial charge in [-0.1, -0.05) is 23.7 Å². The zero-order chi connectivity index (χ0) is 12.3. The summed E-state index contributed by atoms with van der Waals surface area (Å²) in [5.41, 5.74) is 4.31. The van der Waals surface area contributed by atoms with Gasteiger partial charge in [-0.05, 0) is 24.6 Å². The number of methoxy groups -OCH3 is 1. The fourth-order valence-corrected chi connectivity index (χ4v) is 1.53. The second kappa shape index (κ2) is 4.80. The number of hydrogen-bond donors (Lipinski definition) is 1. The van der Waals surface area contributed by atoms with E-state index in [9.17, 15) is 9.18 Å². The van der Waals surface area contributed by atoms with Gasteiger partial charge >= 0.3 is 5.97 Å². The fourth-order valence-electron chi connectivity index (χ4n) is 1.40. The van der Waals surface area contributed by atoms with Crippen LogP contribution in [-0.4, -0.2) is 19.3 Å². The van der Waals surface area contributed by atoms with Gasteiger partial charge in [-0.15, -0.1) is 0 Å². The van der Waals surface area contributed by atoms with E-state index in [0.717, 1.165) is 0 Å². The van der Waals surface area contributed by atoms with Crippen LogP contribution in [0.5, 0.6) is 0 Å². The molecule has 2 N–H and O–H groups in total. The molecule has 0 radical (unpaired) electrons. The number of rotatable bonds is 3. The molecule has 0 saturated carbocycles. The van der Waals surface area contributed by atoms with Crippen molar-refractivity contribution in [2.45, 2.75) is 18.6 Å². The molecule has 0 saturated heterocycles. The molecule has 88 valence electrons. The topological polar surface area (TPSA) is 52.3 Å². The first-order valence-corrected chi connectivity index (χ1v) is 5.08. The number of hydrogen-bond acceptors (Lipinski definition) is 3. The van der Waals surface area contributed by atoms with Gasteiger partial charge in [0.1, 0.15) is 6.17 Å². The largest absolute Gasteiger partial charge is 0.467 e. The predicted octanol–water partition coefficient (Wildman–Crippen LogP) is 2.02. The molecule has 0 fully saturated rings. The first-order valence-electron chi connectivity index (χ1n) is 4.70. The summed E-state index contributed by atoms with van der Waals surface area (Å²) >= 11 is 5.70. The van der Waals surface area contributed by atoms with Crippen LogP contribution in [0.2, 0.25) is 5.02 Å². The first-order chi connectivity index (χ1) is 7.42. The Hall–Kier alpha value is -1.13. The molecule has 0 aliphatic heterocycles. The molecule has 0 spiro atoms. The Morgan fingerprint density at radius 1 is 1.50 bits per heavy atom. The normalized spacial score (nSPS) is 16.3. The number of halogens is 2. The molecular weight excluding hydrogens is 233 g/mol. The van der Waals surface area contributed by atoms with Crippen molar-refractivity contribution in [3.63, 3.8) is 0 Å². The van der Waals surface area contributed by atoms with E-state index in [0.29, 0.717) is 10.6 Å². The molecule has 1 aromatic rings. The molecule has 1 rings (SSSR count). The molecule has 2 atom stereocenters. The second-order valence-electron chi connectivity index (χ2n) is 3.48. The molecule has 0 heterocycles. The van der Waals surface area contributed by atoms with Crippen molar-refractivity contribution in [2.24, 2.45) is 5.73 Å². The third-order valence-electron chi connectivity index (χ3n) is 2.47. The van der Waals surface area contributed by atoms with Gasteiger partial charge in [0.2, 0.25) is 0 Å². The third kappa shape index (κ3) is 2.18. The number of alkyl halides is 1. The lowest BCUT2D eigenvalue weighted by molar-refractivity contribution is -0.150. The maximum Gasteiger partial charge on any atom is 0.333 e. The number of esters is 1. The highest BCUT2D eigenvalue weighted by Gasteiger charge is 2.43. The van der Waals surface area contributed by atoms with Crippen LogP contribution in [0.1, 0.15) is 12.5 Å². The Balaban J connectivity index is 3.21. The molecule has 5 heteroatoms. The van der Waals surface area contributed by atoms with E-state index in [1.165, 1.54) is 26.2 Å². The predicted molar refractivity (Wildman–Crippen MR) is 59.9 cm³/mol. The Morgan fingerprint density at radius 3 is 2.38 bits per heavy atom. The van der Waals surface area contributed by atoms with Gasteiger partial charge in [-0.2, -0.15) is 0 Å². The van der Waals surface area contributed by atoms with Crippen molar-refractivity contribution in [3.8, 4) is 0 Å². The number of benzene rings is 1. The molecule has 0 aromatic heterocycles. The SMILES string of the molecule is COC(=O)C(N)(c1ccc(Cl)cc1)C(C)F. The summed E-state index contributed by atoms with van der Waals surface area (Å²) < 4.78 is 18.0. The first kappa shape index (κ1) is 12.9. The molecule has 0 amide bonds. The maximum absolute atomic E-state index is 13.5. The van der Waals surface area contributed by atoms with Gasteiger partial charge < -0.3 is 10.5 Å². The van der Waals surface area contributed by atoms with E-state index >= 15 is 0 Å². The van der Waals surface area contributed by atoms with Crippen molar-refractivity contribution in [2.75, 3.05) is 7.11 Å². The molecule has 1 aromatic carbocycles. The molecule has 16 heavy (non-hydrogen) atoms. The number of nitrogens with two attached hydrogens (primary N) is 1. The minimum absolute atomic E-state index is 0.332. The molecule has 0 aliphatic rings. The van der Waals surface area contributed by atoms with Gasteiger partial charge in [0.05, 0.1) is 7.11 Å². The van der Waals surface area contributed by atoms with Crippen molar-refractivity contribution in [1.29, 1.82) is 0 Å². The average molecular weight is 246 g/mol. The van der Waals surface area contributed by atoms with E-state index in [1.54, 1.807) is 12.1 Å². The molecule has 0 bridgehead atoms. The highest BCUT2D eigenvalue weighted by molar-refractivity contribution is 6.30.